The third-order valence-corrected chi connectivity index (χ3v) is 9.01. The van der Waals surface area contributed by atoms with E-state index in [9.17, 15) is 0 Å². The van der Waals surface area contributed by atoms with Gasteiger partial charge in [-0.3, -0.25) is 0 Å². The van der Waals surface area contributed by atoms with Gasteiger partial charge in [0.1, 0.15) is 0 Å². The van der Waals surface area contributed by atoms with Gasteiger partial charge in [-0.1, -0.05) is 103 Å². The van der Waals surface area contributed by atoms with E-state index in [1.807, 2.05) is 25.2 Å². The third kappa shape index (κ3) is 3.08. The molecule has 0 saturated carbocycles. The number of hydrogen-bond acceptors (Lipinski definition) is 2. The first kappa shape index (κ1) is 18.6. The van der Waals surface area contributed by atoms with Gasteiger partial charge in [0.2, 0.25) is 5.95 Å². The van der Waals surface area contributed by atoms with E-state index in [0.717, 1.165) is 17.0 Å². The highest BCUT2D eigenvalue weighted by molar-refractivity contribution is 7.87. The largest absolute Gasteiger partial charge is 0.312 e. The number of aryl methyl sites for hydroxylation is 1. The smallest absolute Gasteiger partial charge is 0.229 e. The van der Waals surface area contributed by atoms with E-state index in [1.54, 1.807) is 0 Å². The van der Waals surface area contributed by atoms with Gasteiger partial charge in [-0.25, -0.2) is 9.73 Å². The molecule has 5 rings (SSSR count). The van der Waals surface area contributed by atoms with Crippen LogP contribution in [0.5, 0.6) is 0 Å². The van der Waals surface area contributed by atoms with E-state index >= 15 is 0 Å². The Morgan fingerprint density at radius 1 is 0.600 bits per heavy atom. The monoisotopic (exact) mass is 407 g/mol. The zero-order valence-corrected chi connectivity index (χ0v) is 17.7. The molecule has 0 amide bonds. The van der Waals surface area contributed by atoms with Crippen molar-refractivity contribution in [2.45, 2.75) is 0 Å². The molecule has 0 aliphatic rings. The Kier molecular flexibility index (Phi) is 4.82. The maximum Gasteiger partial charge on any atom is 0.229 e. The summed E-state index contributed by atoms with van der Waals surface area (Å²) in [4.78, 5) is 4.90. The van der Waals surface area contributed by atoms with Crippen LogP contribution < -0.4 is 15.9 Å². The maximum atomic E-state index is 5.50. The van der Waals surface area contributed by atoms with Crippen LogP contribution in [-0.4, -0.2) is 9.55 Å². The van der Waals surface area contributed by atoms with Crippen LogP contribution in [0, 0.1) is 0 Å². The number of aromatic nitrogens is 2. The van der Waals surface area contributed by atoms with Crippen molar-refractivity contribution in [3.63, 3.8) is 0 Å². The lowest BCUT2D eigenvalue weighted by atomic mass is 10.3. The van der Waals surface area contributed by atoms with E-state index in [4.69, 9.17) is 9.73 Å². The summed E-state index contributed by atoms with van der Waals surface area (Å²) >= 11 is 0. The number of fused-ring (bicyclic) bond motifs is 1. The Morgan fingerprint density at radius 2 is 1.03 bits per heavy atom. The van der Waals surface area contributed by atoms with Gasteiger partial charge >= 0.3 is 0 Å². The van der Waals surface area contributed by atoms with Gasteiger partial charge in [-0.05, 0) is 12.1 Å². The first-order valence-corrected chi connectivity index (χ1v) is 11.7. The van der Waals surface area contributed by atoms with Gasteiger partial charge in [-0.15, -0.1) is 0 Å². The Bertz CT molecular complexity index is 1240. The normalized spacial score (nSPS) is 11.5. The fourth-order valence-electron chi connectivity index (χ4n) is 3.91. The minimum absolute atomic E-state index is 0.751. The molecule has 0 N–H and O–H groups in total. The number of benzene rings is 4. The second-order valence-corrected chi connectivity index (χ2v) is 10.2. The van der Waals surface area contributed by atoms with Crippen molar-refractivity contribution in [2.75, 3.05) is 0 Å². The lowest BCUT2D eigenvalue weighted by molar-refractivity contribution is 0.947. The number of imidazole rings is 1. The fraction of sp³-hybridized carbons (Fsp3) is 0.0385. The molecule has 0 aliphatic carbocycles. The first-order chi connectivity index (χ1) is 14.8. The minimum atomic E-state index is -2.32. The van der Waals surface area contributed by atoms with Crippen molar-refractivity contribution >= 4 is 39.9 Å². The standard InChI is InChI=1S/C26H22N3P/c1-29-25-20-12-11-19-24(25)27-26(29)28-30(21-13-5-2-6-14-21,22-15-7-3-8-16-22)23-17-9-4-10-18-23/h2-20H,1H3. The predicted molar refractivity (Wildman–Crippen MR) is 128 cm³/mol. The fourth-order valence-corrected chi connectivity index (χ4v) is 7.41. The highest BCUT2D eigenvalue weighted by Crippen LogP contribution is 2.49. The average Bonchev–Trinajstić information content (AvgIpc) is 3.14. The number of para-hydroxylation sites is 2. The highest BCUT2D eigenvalue weighted by Gasteiger charge is 2.28. The first-order valence-electron chi connectivity index (χ1n) is 10.00. The van der Waals surface area contributed by atoms with E-state index in [1.165, 1.54) is 15.9 Å². The summed E-state index contributed by atoms with van der Waals surface area (Å²) in [6, 6.07) is 40.1. The quantitative estimate of drug-likeness (QED) is 0.368. The summed E-state index contributed by atoms with van der Waals surface area (Å²) < 4.78 is 7.60. The van der Waals surface area contributed by atoms with Gasteiger partial charge in [0.15, 0.2) is 0 Å². The van der Waals surface area contributed by atoms with Crippen molar-refractivity contribution in [1.29, 1.82) is 0 Å². The van der Waals surface area contributed by atoms with Gasteiger partial charge in [0.25, 0.3) is 0 Å². The summed E-state index contributed by atoms with van der Waals surface area (Å²) in [6.07, 6.45) is 0. The van der Waals surface area contributed by atoms with E-state index < -0.39 is 7.05 Å². The zero-order chi connectivity index (χ0) is 20.4. The average molecular weight is 407 g/mol. The van der Waals surface area contributed by atoms with Gasteiger partial charge in [0.05, 0.1) is 18.1 Å². The Balaban J connectivity index is 1.93. The van der Waals surface area contributed by atoms with Crippen LogP contribution in [0.25, 0.3) is 11.0 Å². The van der Waals surface area contributed by atoms with Gasteiger partial charge in [-0.2, -0.15) is 0 Å². The lowest BCUT2D eigenvalue weighted by Gasteiger charge is -2.26. The zero-order valence-electron chi connectivity index (χ0n) is 16.8. The Labute approximate surface area is 176 Å². The summed E-state index contributed by atoms with van der Waals surface area (Å²) in [6.45, 7) is 0. The third-order valence-electron chi connectivity index (χ3n) is 5.39. The second-order valence-electron chi connectivity index (χ2n) is 7.20. The Morgan fingerprint density at radius 3 is 1.50 bits per heavy atom. The highest BCUT2D eigenvalue weighted by atomic mass is 31.2. The summed E-state index contributed by atoms with van der Waals surface area (Å²) in [7, 11) is -0.270. The van der Waals surface area contributed by atoms with Crippen molar-refractivity contribution in [1.82, 2.24) is 9.55 Å². The minimum Gasteiger partial charge on any atom is -0.312 e. The van der Waals surface area contributed by atoms with E-state index in [2.05, 4.69) is 102 Å². The van der Waals surface area contributed by atoms with E-state index in [0.29, 0.717) is 0 Å². The number of rotatable bonds is 4. The van der Waals surface area contributed by atoms with Crippen LogP contribution in [0.1, 0.15) is 0 Å². The molecule has 5 aromatic rings. The second kappa shape index (κ2) is 7.78. The molecule has 0 spiro atoms. The molecular formula is C26H22N3P. The topological polar surface area (TPSA) is 30.2 Å². The van der Waals surface area contributed by atoms with Crippen LogP contribution in [0.15, 0.2) is 120 Å². The molecule has 0 atom stereocenters. The van der Waals surface area contributed by atoms with Crippen LogP contribution in [-0.2, 0) is 7.05 Å². The summed E-state index contributed by atoms with van der Waals surface area (Å²) in [5.74, 6) is 0.751. The molecule has 0 aliphatic heterocycles. The van der Waals surface area contributed by atoms with Crippen molar-refractivity contribution in [3.05, 3.63) is 115 Å². The SMILES string of the molecule is Cn1c(N=P(c2ccccc2)(c2ccccc2)c2ccccc2)nc2ccccc21. The van der Waals surface area contributed by atoms with Crippen LogP contribution in [0.4, 0.5) is 5.95 Å². The predicted octanol–water partition coefficient (Wildman–Crippen LogP) is 5.38. The molecule has 0 saturated heterocycles. The van der Waals surface area contributed by atoms with Gasteiger partial charge in [0, 0.05) is 23.0 Å². The van der Waals surface area contributed by atoms with Crippen LogP contribution >= 0.6 is 7.05 Å². The maximum absolute atomic E-state index is 5.50. The molecule has 0 radical (unpaired) electrons. The molecular weight excluding hydrogens is 385 g/mol. The summed E-state index contributed by atoms with van der Waals surface area (Å²) in [5, 5.41) is 3.65. The molecule has 3 nitrogen and oxygen atoms in total. The number of hydrogen-bond donors (Lipinski definition) is 0. The lowest BCUT2D eigenvalue weighted by Crippen LogP contribution is -2.25. The molecule has 1 heterocycles. The van der Waals surface area contributed by atoms with Crippen molar-refractivity contribution < 1.29 is 0 Å². The molecule has 0 fully saturated rings. The molecule has 0 bridgehead atoms. The molecule has 4 aromatic carbocycles. The molecule has 0 unspecified atom stereocenters. The van der Waals surface area contributed by atoms with Crippen molar-refractivity contribution in [3.8, 4) is 0 Å². The van der Waals surface area contributed by atoms with Crippen LogP contribution in [0.3, 0.4) is 0 Å². The van der Waals surface area contributed by atoms with Crippen molar-refractivity contribution in [2.24, 2.45) is 11.8 Å². The number of nitrogens with zero attached hydrogens (tertiary/aromatic N) is 3. The summed E-state index contributed by atoms with van der Waals surface area (Å²) in [5.41, 5.74) is 2.05. The Hall–Kier alpha value is -3.42. The van der Waals surface area contributed by atoms with Crippen LogP contribution in [0.2, 0.25) is 0 Å². The molecule has 30 heavy (non-hydrogen) atoms. The molecule has 4 heteroatoms. The van der Waals surface area contributed by atoms with E-state index in [-0.39, 0.29) is 0 Å². The molecule has 146 valence electrons. The van der Waals surface area contributed by atoms with Gasteiger partial charge < -0.3 is 4.57 Å². The molecule has 1 aromatic heterocycles.